The minimum absolute atomic E-state index is 0.0498. The Kier molecular flexibility index (Phi) is 6.97. The predicted molar refractivity (Wildman–Crippen MR) is 76.1 cm³/mol. The molecule has 0 aromatic heterocycles. The predicted octanol–water partition coefficient (Wildman–Crippen LogP) is 2.35. The van der Waals surface area contributed by atoms with Crippen LogP contribution in [-0.2, 0) is 16.1 Å². The van der Waals surface area contributed by atoms with Crippen LogP contribution in [0.25, 0.3) is 0 Å². The lowest BCUT2D eigenvalue weighted by Crippen LogP contribution is -2.24. The van der Waals surface area contributed by atoms with Crippen LogP contribution < -0.4 is 4.90 Å². The number of aliphatic hydroxyl groups excluding tert-OH is 1. The quantitative estimate of drug-likeness (QED) is 0.733. The number of rotatable bonds is 8. The van der Waals surface area contributed by atoms with E-state index in [1.807, 2.05) is 31.2 Å². The van der Waals surface area contributed by atoms with E-state index < -0.39 is 0 Å². The molecular formula is C15H23NO3. The van der Waals surface area contributed by atoms with Gasteiger partial charge in [0.15, 0.2) is 0 Å². The van der Waals surface area contributed by atoms with Gasteiger partial charge in [-0.15, -0.1) is 0 Å². The molecule has 1 aromatic rings. The Hall–Kier alpha value is -1.55. The SMILES string of the molecule is CCOC(=O)CCCN(CC)c1cccc(CO)c1. The van der Waals surface area contributed by atoms with Gasteiger partial charge in [0.25, 0.3) is 0 Å². The van der Waals surface area contributed by atoms with Crippen molar-refractivity contribution < 1.29 is 14.6 Å². The van der Waals surface area contributed by atoms with Crippen molar-refractivity contribution in [2.45, 2.75) is 33.3 Å². The van der Waals surface area contributed by atoms with E-state index in [1.54, 1.807) is 0 Å². The number of aliphatic hydroxyl groups is 1. The van der Waals surface area contributed by atoms with Gasteiger partial charge in [0, 0.05) is 25.2 Å². The average molecular weight is 265 g/mol. The van der Waals surface area contributed by atoms with E-state index in [0.29, 0.717) is 13.0 Å². The van der Waals surface area contributed by atoms with Crippen LogP contribution in [0.5, 0.6) is 0 Å². The van der Waals surface area contributed by atoms with Crippen molar-refractivity contribution in [2.75, 3.05) is 24.6 Å². The Labute approximate surface area is 115 Å². The van der Waals surface area contributed by atoms with Crippen LogP contribution in [0.1, 0.15) is 32.3 Å². The van der Waals surface area contributed by atoms with E-state index >= 15 is 0 Å². The fourth-order valence-corrected chi connectivity index (χ4v) is 1.97. The average Bonchev–Trinajstić information content (AvgIpc) is 2.44. The second kappa shape index (κ2) is 8.53. The molecule has 0 amide bonds. The molecule has 0 unspecified atom stereocenters. The van der Waals surface area contributed by atoms with E-state index in [0.717, 1.165) is 30.8 Å². The molecule has 0 fully saturated rings. The highest BCUT2D eigenvalue weighted by Crippen LogP contribution is 2.16. The van der Waals surface area contributed by atoms with E-state index in [2.05, 4.69) is 11.8 Å². The first-order valence-electron chi connectivity index (χ1n) is 6.81. The summed E-state index contributed by atoms with van der Waals surface area (Å²) in [6.07, 6.45) is 1.22. The van der Waals surface area contributed by atoms with Crippen LogP contribution in [0.15, 0.2) is 24.3 Å². The maximum atomic E-state index is 11.3. The fourth-order valence-electron chi connectivity index (χ4n) is 1.97. The third-order valence-corrected chi connectivity index (χ3v) is 2.95. The molecule has 106 valence electrons. The zero-order valence-electron chi connectivity index (χ0n) is 11.8. The summed E-state index contributed by atoms with van der Waals surface area (Å²) in [5.41, 5.74) is 1.99. The van der Waals surface area contributed by atoms with Gasteiger partial charge in [0.1, 0.15) is 0 Å². The Balaban J connectivity index is 2.50. The first-order valence-corrected chi connectivity index (χ1v) is 6.81. The molecule has 0 aliphatic rings. The number of anilines is 1. The van der Waals surface area contributed by atoms with Crippen molar-refractivity contribution in [2.24, 2.45) is 0 Å². The molecule has 0 heterocycles. The van der Waals surface area contributed by atoms with Crippen LogP contribution in [-0.4, -0.2) is 30.8 Å². The van der Waals surface area contributed by atoms with Crippen LogP contribution in [0, 0.1) is 0 Å². The second-order valence-corrected chi connectivity index (χ2v) is 4.32. The molecule has 0 aliphatic carbocycles. The van der Waals surface area contributed by atoms with Gasteiger partial charge in [0.2, 0.25) is 0 Å². The van der Waals surface area contributed by atoms with Gasteiger partial charge >= 0.3 is 5.97 Å². The highest BCUT2D eigenvalue weighted by molar-refractivity contribution is 5.69. The van der Waals surface area contributed by atoms with Gasteiger partial charge in [-0.1, -0.05) is 12.1 Å². The highest BCUT2D eigenvalue weighted by Gasteiger charge is 2.07. The first kappa shape index (κ1) is 15.5. The summed E-state index contributed by atoms with van der Waals surface area (Å²) in [6.45, 7) is 6.07. The van der Waals surface area contributed by atoms with E-state index in [4.69, 9.17) is 9.84 Å². The third kappa shape index (κ3) is 5.30. The zero-order chi connectivity index (χ0) is 14.1. The van der Waals surface area contributed by atoms with Gasteiger partial charge in [0.05, 0.1) is 13.2 Å². The first-order chi connectivity index (χ1) is 9.21. The molecule has 1 N–H and O–H groups in total. The van der Waals surface area contributed by atoms with Gasteiger partial charge in [-0.3, -0.25) is 4.79 Å². The lowest BCUT2D eigenvalue weighted by atomic mass is 10.2. The van der Waals surface area contributed by atoms with Crippen molar-refractivity contribution in [1.29, 1.82) is 0 Å². The summed E-state index contributed by atoms with van der Waals surface area (Å²) in [4.78, 5) is 13.5. The van der Waals surface area contributed by atoms with Crippen LogP contribution in [0.4, 0.5) is 5.69 Å². The monoisotopic (exact) mass is 265 g/mol. The summed E-state index contributed by atoms with van der Waals surface area (Å²) >= 11 is 0. The molecule has 19 heavy (non-hydrogen) atoms. The number of carbonyl (C=O) groups excluding carboxylic acids is 1. The second-order valence-electron chi connectivity index (χ2n) is 4.32. The summed E-state index contributed by atoms with van der Waals surface area (Å²) in [6, 6.07) is 7.84. The normalized spacial score (nSPS) is 10.3. The molecule has 0 spiro atoms. The van der Waals surface area contributed by atoms with Crippen molar-refractivity contribution in [3.63, 3.8) is 0 Å². The minimum Gasteiger partial charge on any atom is -0.466 e. The maximum absolute atomic E-state index is 11.3. The van der Waals surface area contributed by atoms with Crippen LogP contribution in [0.3, 0.4) is 0 Å². The fraction of sp³-hybridized carbons (Fsp3) is 0.533. The molecule has 0 saturated heterocycles. The summed E-state index contributed by atoms with van der Waals surface area (Å²) in [7, 11) is 0. The lowest BCUT2D eigenvalue weighted by Gasteiger charge is -2.23. The van der Waals surface area contributed by atoms with Gasteiger partial charge in [-0.25, -0.2) is 0 Å². The van der Waals surface area contributed by atoms with Crippen molar-refractivity contribution in [1.82, 2.24) is 0 Å². The summed E-state index contributed by atoms with van der Waals surface area (Å²) < 4.78 is 4.91. The molecule has 0 atom stereocenters. The highest BCUT2D eigenvalue weighted by atomic mass is 16.5. The van der Waals surface area contributed by atoms with Crippen molar-refractivity contribution in [3.05, 3.63) is 29.8 Å². The molecule has 1 rings (SSSR count). The Morgan fingerprint density at radius 1 is 1.37 bits per heavy atom. The van der Waals surface area contributed by atoms with Crippen LogP contribution in [0.2, 0.25) is 0 Å². The number of carbonyl (C=O) groups is 1. The molecule has 1 aromatic carbocycles. The van der Waals surface area contributed by atoms with Crippen molar-refractivity contribution in [3.8, 4) is 0 Å². The van der Waals surface area contributed by atoms with Gasteiger partial charge in [-0.05, 0) is 38.0 Å². The van der Waals surface area contributed by atoms with Crippen molar-refractivity contribution >= 4 is 11.7 Å². The number of nitrogens with zero attached hydrogens (tertiary/aromatic N) is 1. The van der Waals surface area contributed by atoms with Gasteiger partial charge in [-0.2, -0.15) is 0 Å². The Bertz CT molecular complexity index is 393. The smallest absolute Gasteiger partial charge is 0.305 e. The third-order valence-electron chi connectivity index (χ3n) is 2.95. The van der Waals surface area contributed by atoms with E-state index in [9.17, 15) is 4.79 Å². The molecule has 0 saturated carbocycles. The van der Waals surface area contributed by atoms with E-state index in [1.165, 1.54) is 0 Å². The number of hydrogen-bond acceptors (Lipinski definition) is 4. The maximum Gasteiger partial charge on any atom is 0.305 e. The summed E-state index contributed by atoms with van der Waals surface area (Å²) in [5, 5.41) is 9.14. The Morgan fingerprint density at radius 2 is 2.16 bits per heavy atom. The standard InChI is InChI=1S/C15H23NO3/c1-3-16(10-6-9-15(18)19-4-2)14-8-5-7-13(11-14)12-17/h5,7-8,11,17H,3-4,6,9-10,12H2,1-2H3. The number of ether oxygens (including phenoxy) is 1. The number of benzene rings is 1. The van der Waals surface area contributed by atoms with Crippen LogP contribution >= 0.6 is 0 Å². The molecule has 4 heteroatoms. The number of hydrogen-bond donors (Lipinski definition) is 1. The molecular weight excluding hydrogens is 242 g/mol. The minimum atomic E-state index is -0.136. The van der Waals surface area contributed by atoms with E-state index in [-0.39, 0.29) is 12.6 Å². The topological polar surface area (TPSA) is 49.8 Å². The molecule has 0 bridgehead atoms. The number of esters is 1. The largest absolute Gasteiger partial charge is 0.466 e. The molecule has 0 radical (unpaired) electrons. The summed E-state index contributed by atoms with van der Waals surface area (Å²) in [5.74, 6) is -0.136. The molecule has 0 aliphatic heterocycles. The zero-order valence-corrected chi connectivity index (χ0v) is 11.8. The molecule has 4 nitrogen and oxygen atoms in total. The lowest BCUT2D eigenvalue weighted by molar-refractivity contribution is -0.143. The Morgan fingerprint density at radius 3 is 2.79 bits per heavy atom. The van der Waals surface area contributed by atoms with Gasteiger partial charge < -0.3 is 14.7 Å².